The van der Waals surface area contributed by atoms with Gasteiger partial charge in [0.1, 0.15) is 12.6 Å². The second-order valence-corrected chi connectivity index (χ2v) is 8.59. The molecule has 2 aliphatic rings. The number of benzene rings is 1. The summed E-state index contributed by atoms with van der Waals surface area (Å²) in [4.78, 5) is 43.5. The Labute approximate surface area is 185 Å². The molecule has 3 amide bonds. The molecule has 1 aromatic rings. The van der Waals surface area contributed by atoms with Crippen molar-refractivity contribution < 1.29 is 14.4 Å². The van der Waals surface area contributed by atoms with Gasteiger partial charge in [-0.3, -0.25) is 14.4 Å². The second-order valence-electron chi connectivity index (χ2n) is 8.59. The van der Waals surface area contributed by atoms with Crippen LogP contribution in [0.3, 0.4) is 0 Å². The van der Waals surface area contributed by atoms with Crippen LogP contribution >= 0.6 is 0 Å². The summed E-state index contributed by atoms with van der Waals surface area (Å²) < 4.78 is 0. The molecule has 0 radical (unpaired) electrons. The molecule has 170 valence electrons. The van der Waals surface area contributed by atoms with E-state index in [1.807, 2.05) is 12.1 Å². The molecule has 2 aliphatic heterocycles. The molecule has 0 aliphatic carbocycles. The zero-order valence-corrected chi connectivity index (χ0v) is 18.9. The van der Waals surface area contributed by atoms with Crippen LogP contribution in [-0.4, -0.2) is 77.7 Å². The van der Waals surface area contributed by atoms with E-state index in [-0.39, 0.29) is 30.3 Å². The lowest BCUT2D eigenvalue weighted by molar-refractivity contribution is -0.158. The van der Waals surface area contributed by atoms with Gasteiger partial charge in [0.25, 0.3) is 5.91 Å². The number of piperazine rings is 1. The number of hydrogen-bond acceptors (Lipinski definition) is 4. The van der Waals surface area contributed by atoms with Crippen molar-refractivity contribution in [2.24, 2.45) is 0 Å². The lowest BCUT2D eigenvalue weighted by Crippen LogP contribution is -2.60. The molecule has 31 heavy (non-hydrogen) atoms. The molecule has 3 rings (SSSR count). The third-order valence-electron chi connectivity index (χ3n) is 6.13. The fourth-order valence-corrected chi connectivity index (χ4v) is 4.54. The topological polar surface area (TPSA) is 73.0 Å². The van der Waals surface area contributed by atoms with E-state index in [0.717, 1.165) is 57.3 Å². The molecular formula is C24H36N4O3. The minimum atomic E-state index is -0.292. The molecule has 1 aromatic carbocycles. The van der Waals surface area contributed by atoms with Crippen LogP contribution in [0.2, 0.25) is 0 Å². The molecule has 0 unspecified atom stereocenters. The van der Waals surface area contributed by atoms with E-state index in [9.17, 15) is 14.4 Å². The maximum atomic E-state index is 12.8. The van der Waals surface area contributed by atoms with Crippen molar-refractivity contribution in [3.63, 3.8) is 0 Å². The van der Waals surface area contributed by atoms with Gasteiger partial charge in [-0.25, -0.2) is 0 Å². The SMILES string of the molecule is CCCN(CCC)CCNC(=O)c1ccc(CN2CC(=O)N3CCCC[C@@H]3C2=O)cc1. The summed E-state index contributed by atoms with van der Waals surface area (Å²) in [5, 5.41) is 3.00. The van der Waals surface area contributed by atoms with E-state index in [1.165, 1.54) is 0 Å². The van der Waals surface area contributed by atoms with Gasteiger partial charge in [-0.1, -0.05) is 26.0 Å². The van der Waals surface area contributed by atoms with Gasteiger partial charge in [-0.2, -0.15) is 0 Å². The first kappa shape index (κ1) is 23.3. The summed E-state index contributed by atoms with van der Waals surface area (Å²) in [6.07, 6.45) is 4.95. The van der Waals surface area contributed by atoms with Crippen molar-refractivity contribution in [1.82, 2.24) is 20.0 Å². The van der Waals surface area contributed by atoms with Gasteiger partial charge in [0, 0.05) is 31.7 Å². The van der Waals surface area contributed by atoms with Gasteiger partial charge in [0.05, 0.1) is 0 Å². The maximum absolute atomic E-state index is 12.8. The molecule has 2 heterocycles. The standard InChI is InChI=1S/C24H36N4O3/c1-3-13-26(14-4-2)16-12-25-23(30)20-10-8-19(9-11-20)17-27-18-22(29)28-15-6-5-7-21(28)24(27)31/h8-11,21H,3-7,12-18H2,1-2H3,(H,25,30)/t21-/m1/s1. The molecule has 7 heteroatoms. The number of rotatable bonds is 10. The van der Waals surface area contributed by atoms with Crippen LogP contribution in [0.1, 0.15) is 61.9 Å². The largest absolute Gasteiger partial charge is 0.351 e. The maximum Gasteiger partial charge on any atom is 0.251 e. The quantitative estimate of drug-likeness (QED) is 0.621. The molecule has 2 fully saturated rings. The van der Waals surface area contributed by atoms with Gasteiger partial charge < -0.3 is 20.0 Å². The first-order valence-electron chi connectivity index (χ1n) is 11.7. The van der Waals surface area contributed by atoms with Gasteiger partial charge in [-0.15, -0.1) is 0 Å². The first-order chi connectivity index (χ1) is 15.0. The number of piperidine rings is 1. The van der Waals surface area contributed by atoms with Crippen molar-refractivity contribution in [3.8, 4) is 0 Å². The first-order valence-corrected chi connectivity index (χ1v) is 11.7. The van der Waals surface area contributed by atoms with Crippen LogP contribution in [-0.2, 0) is 16.1 Å². The lowest BCUT2D eigenvalue weighted by Gasteiger charge is -2.42. The minimum absolute atomic E-state index is 0.0421. The van der Waals surface area contributed by atoms with E-state index in [4.69, 9.17) is 0 Å². The highest BCUT2D eigenvalue weighted by molar-refractivity contribution is 5.95. The van der Waals surface area contributed by atoms with Crippen LogP contribution in [0.25, 0.3) is 0 Å². The highest BCUT2D eigenvalue weighted by Crippen LogP contribution is 2.24. The molecule has 7 nitrogen and oxygen atoms in total. The van der Waals surface area contributed by atoms with Crippen LogP contribution in [0.4, 0.5) is 0 Å². The summed E-state index contributed by atoms with van der Waals surface area (Å²) in [6, 6.07) is 7.05. The Kier molecular flexibility index (Phi) is 8.46. The summed E-state index contributed by atoms with van der Waals surface area (Å²) in [5.74, 6) is 0.00638. The number of amides is 3. The monoisotopic (exact) mass is 428 g/mol. The van der Waals surface area contributed by atoms with Crippen molar-refractivity contribution >= 4 is 17.7 Å². The van der Waals surface area contributed by atoms with Crippen LogP contribution in [0.5, 0.6) is 0 Å². The Morgan fingerprint density at radius 2 is 1.77 bits per heavy atom. The molecule has 0 spiro atoms. The normalized spacial score (nSPS) is 19.0. The Bertz CT molecular complexity index is 759. The van der Waals surface area contributed by atoms with Crippen LogP contribution in [0, 0.1) is 0 Å². The average molecular weight is 429 g/mol. The average Bonchev–Trinajstić information content (AvgIpc) is 2.78. The third-order valence-corrected chi connectivity index (χ3v) is 6.13. The van der Waals surface area contributed by atoms with E-state index < -0.39 is 0 Å². The molecular weight excluding hydrogens is 392 g/mol. The zero-order chi connectivity index (χ0) is 22.2. The number of carbonyl (C=O) groups excluding carboxylic acids is 3. The van der Waals surface area contributed by atoms with Gasteiger partial charge >= 0.3 is 0 Å². The van der Waals surface area contributed by atoms with E-state index in [0.29, 0.717) is 25.2 Å². The van der Waals surface area contributed by atoms with E-state index >= 15 is 0 Å². The molecule has 0 bridgehead atoms. The molecule has 1 atom stereocenters. The predicted molar refractivity (Wildman–Crippen MR) is 121 cm³/mol. The Balaban J connectivity index is 1.51. The van der Waals surface area contributed by atoms with Gasteiger partial charge in [0.15, 0.2) is 0 Å². The predicted octanol–water partition coefficient (Wildman–Crippen LogP) is 2.26. The zero-order valence-electron chi connectivity index (χ0n) is 18.9. The summed E-state index contributed by atoms with van der Waals surface area (Å²) in [5.41, 5.74) is 1.54. The van der Waals surface area contributed by atoms with Crippen LogP contribution in [0.15, 0.2) is 24.3 Å². The van der Waals surface area contributed by atoms with Gasteiger partial charge in [-0.05, 0) is 62.9 Å². The second kappa shape index (κ2) is 11.3. The van der Waals surface area contributed by atoms with Gasteiger partial charge in [0.2, 0.25) is 11.8 Å². The fraction of sp³-hybridized carbons (Fsp3) is 0.625. The van der Waals surface area contributed by atoms with Crippen molar-refractivity contribution in [1.29, 1.82) is 0 Å². The lowest BCUT2D eigenvalue weighted by atomic mass is 9.98. The Hall–Kier alpha value is -2.41. The van der Waals surface area contributed by atoms with E-state index in [2.05, 4.69) is 24.1 Å². The highest BCUT2D eigenvalue weighted by atomic mass is 16.2. The Morgan fingerprint density at radius 1 is 1.06 bits per heavy atom. The number of hydrogen-bond donors (Lipinski definition) is 1. The molecule has 2 saturated heterocycles. The number of carbonyl (C=O) groups is 3. The van der Waals surface area contributed by atoms with Crippen molar-refractivity contribution in [2.45, 2.75) is 58.5 Å². The Morgan fingerprint density at radius 3 is 2.45 bits per heavy atom. The number of nitrogens with zero attached hydrogens (tertiary/aromatic N) is 3. The third kappa shape index (κ3) is 6.06. The number of nitrogens with one attached hydrogen (secondary N) is 1. The van der Waals surface area contributed by atoms with Crippen molar-refractivity contribution in [3.05, 3.63) is 35.4 Å². The minimum Gasteiger partial charge on any atom is -0.351 e. The van der Waals surface area contributed by atoms with E-state index in [1.54, 1.807) is 21.9 Å². The fourth-order valence-electron chi connectivity index (χ4n) is 4.54. The highest BCUT2D eigenvalue weighted by Gasteiger charge is 2.40. The number of fused-ring (bicyclic) bond motifs is 1. The summed E-state index contributed by atoms with van der Waals surface area (Å²) in [6.45, 7) is 9.16. The molecule has 0 aromatic heterocycles. The summed E-state index contributed by atoms with van der Waals surface area (Å²) in [7, 11) is 0. The van der Waals surface area contributed by atoms with Crippen molar-refractivity contribution in [2.75, 3.05) is 39.3 Å². The van der Waals surface area contributed by atoms with Crippen LogP contribution < -0.4 is 5.32 Å². The molecule has 1 N–H and O–H groups in total. The molecule has 0 saturated carbocycles. The smallest absolute Gasteiger partial charge is 0.251 e. The summed E-state index contributed by atoms with van der Waals surface area (Å²) >= 11 is 0.